The summed E-state index contributed by atoms with van der Waals surface area (Å²) >= 11 is 0. The van der Waals surface area contributed by atoms with Crippen molar-refractivity contribution in [1.29, 1.82) is 0 Å². The van der Waals surface area contributed by atoms with Crippen molar-refractivity contribution in [1.82, 2.24) is 25.4 Å². The first-order valence-corrected chi connectivity index (χ1v) is 10.2. The standard InChI is InChI=1S/C24H21N5O3/c1-13(14-7-4-3-5-8-14)19(15-9-6-10-17-20(15)28-29-27-17)23-25-21-16(24(30)31)11-12-18(32-2)22(21)26-23/h3-13,19H,1-2H3,(H,25,26)(H,30,31)(H,27,28,29). The molecule has 8 nitrogen and oxygen atoms in total. The number of rotatable bonds is 6. The number of nitrogens with zero attached hydrogens (tertiary/aromatic N) is 3. The number of benzene rings is 3. The fourth-order valence-electron chi connectivity index (χ4n) is 4.32. The third-order valence-corrected chi connectivity index (χ3v) is 5.92. The number of fused-ring (bicyclic) bond motifs is 2. The Morgan fingerprint density at radius 3 is 2.59 bits per heavy atom. The van der Waals surface area contributed by atoms with Gasteiger partial charge < -0.3 is 14.8 Å². The monoisotopic (exact) mass is 427 g/mol. The molecule has 2 unspecified atom stereocenters. The minimum Gasteiger partial charge on any atom is -0.494 e. The number of ether oxygens (including phenoxy) is 1. The molecule has 2 aromatic heterocycles. The summed E-state index contributed by atoms with van der Waals surface area (Å²) in [6.07, 6.45) is 0. The Morgan fingerprint density at radius 1 is 1.03 bits per heavy atom. The number of hydrogen-bond acceptors (Lipinski definition) is 5. The number of carboxylic acids is 1. The van der Waals surface area contributed by atoms with Crippen LogP contribution in [0, 0.1) is 0 Å². The van der Waals surface area contributed by atoms with Gasteiger partial charge in [0, 0.05) is 0 Å². The van der Waals surface area contributed by atoms with Crippen LogP contribution in [0.3, 0.4) is 0 Å². The topological polar surface area (TPSA) is 117 Å². The Balaban J connectivity index is 1.77. The highest BCUT2D eigenvalue weighted by Gasteiger charge is 2.29. The van der Waals surface area contributed by atoms with Gasteiger partial charge in [-0.1, -0.05) is 54.6 Å². The number of aromatic nitrogens is 5. The lowest BCUT2D eigenvalue weighted by molar-refractivity contribution is 0.0699. The number of aromatic carboxylic acids is 1. The molecule has 0 amide bonds. The third kappa shape index (κ3) is 3.17. The van der Waals surface area contributed by atoms with Crippen LogP contribution in [-0.2, 0) is 0 Å². The van der Waals surface area contributed by atoms with Crippen LogP contribution in [0.5, 0.6) is 5.75 Å². The van der Waals surface area contributed by atoms with Crippen molar-refractivity contribution in [2.24, 2.45) is 0 Å². The molecule has 0 aliphatic carbocycles. The number of methoxy groups -OCH3 is 1. The highest BCUT2D eigenvalue weighted by Crippen LogP contribution is 2.41. The minimum absolute atomic E-state index is 0.0123. The van der Waals surface area contributed by atoms with Gasteiger partial charge in [0.05, 0.1) is 29.6 Å². The predicted octanol–water partition coefficient (Wildman–Crippen LogP) is 4.48. The van der Waals surface area contributed by atoms with Crippen LogP contribution in [0.25, 0.3) is 22.1 Å². The van der Waals surface area contributed by atoms with Crippen LogP contribution in [0.4, 0.5) is 0 Å². The number of carboxylic acid groups (broad SMARTS) is 1. The average Bonchev–Trinajstić information content (AvgIpc) is 3.46. The molecule has 8 heteroatoms. The Bertz CT molecular complexity index is 1420. The van der Waals surface area contributed by atoms with Gasteiger partial charge >= 0.3 is 5.97 Å². The number of hydrogen-bond donors (Lipinski definition) is 3. The maximum atomic E-state index is 11.8. The zero-order valence-corrected chi connectivity index (χ0v) is 17.5. The van der Waals surface area contributed by atoms with E-state index in [0.29, 0.717) is 22.6 Å². The van der Waals surface area contributed by atoms with Gasteiger partial charge in [0.2, 0.25) is 0 Å². The first-order valence-electron chi connectivity index (χ1n) is 10.2. The van der Waals surface area contributed by atoms with Crippen molar-refractivity contribution >= 4 is 28.0 Å². The molecular formula is C24H21N5O3. The van der Waals surface area contributed by atoms with E-state index < -0.39 is 5.97 Å². The van der Waals surface area contributed by atoms with Gasteiger partial charge in [0.15, 0.2) is 0 Å². The molecule has 0 fully saturated rings. The summed E-state index contributed by atoms with van der Waals surface area (Å²) < 4.78 is 5.46. The van der Waals surface area contributed by atoms with E-state index in [-0.39, 0.29) is 17.4 Å². The van der Waals surface area contributed by atoms with E-state index in [4.69, 9.17) is 9.72 Å². The molecule has 0 aliphatic rings. The maximum Gasteiger partial charge on any atom is 0.337 e. The summed E-state index contributed by atoms with van der Waals surface area (Å²) in [4.78, 5) is 20.0. The van der Waals surface area contributed by atoms with E-state index >= 15 is 0 Å². The van der Waals surface area contributed by atoms with Crippen LogP contribution >= 0.6 is 0 Å². The van der Waals surface area contributed by atoms with Crippen molar-refractivity contribution < 1.29 is 14.6 Å². The molecule has 0 spiro atoms. The summed E-state index contributed by atoms with van der Waals surface area (Å²) in [6.45, 7) is 2.13. The lowest BCUT2D eigenvalue weighted by atomic mass is 9.81. The normalized spacial score (nSPS) is 13.3. The molecule has 160 valence electrons. The average molecular weight is 427 g/mol. The zero-order chi connectivity index (χ0) is 22.2. The third-order valence-electron chi connectivity index (χ3n) is 5.92. The second-order valence-electron chi connectivity index (χ2n) is 7.70. The Morgan fingerprint density at radius 2 is 1.84 bits per heavy atom. The van der Waals surface area contributed by atoms with E-state index in [2.05, 4.69) is 39.5 Å². The van der Waals surface area contributed by atoms with E-state index in [1.807, 2.05) is 36.4 Å². The van der Waals surface area contributed by atoms with Crippen molar-refractivity contribution in [2.45, 2.75) is 18.8 Å². The molecule has 3 N–H and O–H groups in total. The summed E-state index contributed by atoms with van der Waals surface area (Å²) in [5, 5.41) is 20.9. The van der Waals surface area contributed by atoms with Crippen LogP contribution < -0.4 is 4.74 Å². The molecule has 0 aliphatic heterocycles. The summed E-state index contributed by atoms with van der Waals surface area (Å²) in [6, 6.07) is 19.2. The van der Waals surface area contributed by atoms with Crippen LogP contribution in [0.1, 0.15) is 46.1 Å². The van der Waals surface area contributed by atoms with Crippen molar-refractivity contribution in [3.63, 3.8) is 0 Å². The molecule has 0 saturated carbocycles. The molecule has 3 aromatic carbocycles. The summed E-state index contributed by atoms with van der Waals surface area (Å²) in [7, 11) is 1.55. The van der Waals surface area contributed by atoms with Crippen LogP contribution in [-0.4, -0.2) is 43.6 Å². The quantitative estimate of drug-likeness (QED) is 0.368. The summed E-state index contributed by atoms with van der Waals surface area (Å²) in [5.41, 5.74) is 4.72. The molecule has 0 radical (unpaired) electrons. The smallest absolute Gasteiger partial charge is 0.337 e. The molecule has 2 atom stereocenters. The van der Waals surface area contributed by atoms with E-state index in [9.17, 15) is 9.90 Å². The van der Waals surface area contributed by atoms with E-state index in [0.717, 1.165) is 22.2 Å². The Hall–Kier alpha value is -4.20. The van der Waals surface area contributed by atoms with Gasteiger partial charge in [-0.15, -0.1) is 5.10 Å². The molecule has 5 rings (SSSR count). The van der Waals surface area contributed by atoms with Gasteiger partial charge in [0.25, 0.3) is 0 Å². The summed E-state index contributed by atoms with van der Waals surface area (Å²) in [5.74, 6) is -0.0977. The number of imidazole rings is 1. The van der Waals surface area contributed by atoms with Crippen LogP contribution in [0.15, 0.2) is 60.7 Å². The highest BCUT2D eigenvalue weighted by molar-refractivity contribution is 6.02. The Kier molecular flexibility index (Phi) is 4.82. The molecule has 5 aromatic rings. The molecule has 32 heavy (non-hydrogen) atoms. The van der Waals surface area contributed by atoms with E-state index in [1.54, 1.807) is 13.2 Å². The highest BCUT2D eigenvalue weighted by atomic mass is 16.5. The molecule has 0 bridgehead atoms. The second-order valence-corrected chi connectivity index (χ2v) is 7.70. The van der Waals surface area contributed by atoms with Gasteiger partial charge in [0.1, 0.15) is 22.6 Å². The second kappa shape index (κ2) is 7.81. The number of H-pyrrole nitrogens is 2. The lowest BCUT2D eigenvalue weighted by Gasteiger charge is -2.23. The van der Waals surface area contributed by atoms with E-state index in [1.165, 1.54) is 6.07 Å². The number of aromatic amines is 2. The van der Waals surface area contributed by atoms with Gasteiger partial charge in [-0.05, 0) is 35.2 Å². The zero-order valence-electron chi connectivity index (χ0n) is 17.5. The lowest BCUT2D eigenvalue weighted by Crippen LogP contribution is -2.12. The number of nitrogens with one attached hydrogen (secondary N) is 2. The fraction of sp³-hybridized carbons (Fsp3) is 0.167. The van der Waals surface area contributed by atoms with Gasteiger partial charge in [-0.25, -0.2) is 9.78 Å². The predicted molar refractivity (Wildman–Crippen MR) is 120 cm³/mol. The number of carbonyl (C=O) groups is 1. The Labute approximate surface area is 183 Å². The first kappa shape index (κ1) is 19.7. The largest absolute Gasteiger partial charge is 0.494 e. The van der Waals surface area contributed by atoms with Crippen molar-refractivity contribution in [3.8, 4) is 5.75 Å². The van der Waals surface area contributed by atoms with Crippen LogP contribution in [0.2, 0.25) is 0 Å². The van der Waals surface area contributed by atoms with Crippen molar-refractivity contribution in [2.75, 3.05) is 7.11 Å². The molecular weight excluding hydrogens is 406 g/mol. The fourth-order valence-corrected chi connectivity index (χ4v) is 4.32. The minimum atomic E-state index is -1.03. The molecule has 0 saturated heterocycles. The van der Waals surface area contributed by atoms with Gasteiger partial charge in [-0.2, -0.15) is 0 Å². The molecule has 2 heterocycles. The van der Waals surface area contributed by atoms with Crippen molar-refractivity contribution in [3.05, 3.63) is 83.2 Å². The SMILES string of the molecule is COc1ccc(C(=O)O)c2[nH]c(C(c3cccc4[nH]nnc34)C(C)c3ccccc3)nc12. The first-order chi connectivity index (χ1) is 15.6. The van der Waals surface area contributed by atoms with Gasteiger partial charge in [-0.3, -0.25) is 5.10 Å². The maximum absolute atomic E-state index is 11.8.